The van der Waals surface area contributed by atoms with Crippen molar-refractivity contribution < 1.29 is 9.59 Å². The summed E-state index contributed by atoms with van der Waals surface area (Å²) in [7, 11) is 0. The molecule has 0 bridgehead atoms. The predicted octanol–water partition coefficient (Wildman–Crippen LogP) is 3.48. The van der Waals surface area contributed by atoms with Crippen LogP contribution in [0.4, 0.5) is 5.69 Å². The van der Waals surface area contributed by atoms with E-state index in [9.17, 15) is 9.59 Å². The summed E-state index contributed by atoms with van der Waals surface area (Å²) in [5.41, 5.74) is 1.90. The van der Waals surface area contributed by atoms with Crippen molar-refractivity contribution in [2.75, 3.05) is 11.9 Å². The van der Waals surface area contributed by atoms with Crippen LogP contribution < -0.4 is 10.6 Å². The minimum Gasteiger partial charge on any atom is -0.338 e. The monoisotopic (exact) mass is 391 g/mol. The van der Waals surface area contributed by atoms with Gasteiger partial charge in [-0.15, -0.1) is 12.4 Å². The van der Waals surface area contributed by atoms with Crippen molar-refractivity contribution in [1.29, 1.82) is 0 Å². The van der Waals surface area contributed by atoms with E-state index >= 15 is 0 Å². The number of nitrogens with zero attached hydrogens (tertiary/aromatic N) is 1. The van der Waals surface area contributed by atoms with Crippen LogP contribution in [-0.4, -0.2) is 35.3 Å². The number of hydrogen-bond donors (Lipinski definition) is 2. The van der Waals surface area contributed by atoms with Gasteiger partial charge in [0.25, 0.3) is 0 Å². The molecule has 2 N–H and O–H groups in total. The van der Waals surface area contributed by atoms with Crippen LogP contribution in [0.25, 0.3) is 0 Å². The highest BCUT2D eigenvalue weighted by atomic mass is 35.5. The summed E-state index contributed by atoms with van der Waals surface area (Å²) in [5, 5.41) is 6.61. The molecule has 3 fully saturated rings. The van der Waals surface area contributed by atoms with E-state index in [4.69, 9.17) is 0 Å². The molecule has 3 atom stereocenters. The molecule has 1 aromatic carbocycles. The van der Waals surface area contributed by atoms with Gasteiger partial charge in [0.05, 0.1) is 6.04 Å². The largest absolute Gasteiger partial charge is 0.338 e. The lowest BCUT2D eigenvalue weighted by Gasteiger charge is -2.27. The number of carbonyl (C=O) groups is 2. The number of carbonyl (C=O) groups excluding carboxylic acids is 2. The average molecular weight is 392 g/mol. The minimum absolute atomic E-state index is 0. The van der Waals surface area contributed by atoms with Gasteiger partial charge in [0.1, 0.15) is 0 Å². The van der Waals surface area contributed by atoms with Crippen LogP contribution in [0.2, 0.25) is 0 Å². The molecule has 27 heavy (non-hydrogen) atoms. The van der Waals surface area contributed by atoms with E-state index in [1.54, 1.807) is 0 Å². The molecule has 6 heteroatoms. The first kappa shape index (κ1) is 20.2. The van der Waals surface area contributed by atoms with Crippen molar-refractivity contribution in [3.63, 3.8) is 0 Å². The van der Waals surface area contributed by atoms with Crippen molar-refractivity contribution in [2.45, 2.75) is 70.0 Å². The number of amides is 2. The second-order valence-corrected chi connectivity index (χ2v) is 8.07. The zero-order chi connectivity index (χ0) is 17.9. The molecule has 3 aliphatic rings. The predicted molar refractivity (Wildman–Crippen MR) is 109 cm³/mol. The van der Waals surface area contributed by atoms with Crippen LogP contribution in [0.5, 0.6) is 0 Å². The number of benzene rings is 1. The Hall–Kier alpha value is -1.59. The molecule has 4 rings (SSSR count). The maximum absolute atomic E-state index is 12.7. The van der Waals surface area contributed by atoms with Crippen molar-refractivity contribution in [1.82, 2.24) is 10.2 Å². The maximum atomic E-state index is 12.7. The lowest BCUT2D eigenvalue weighted by Crippen LogP contribution is -2.39. The van der Waals surface area contributed by atoms with Gasteiger partial charge in [0.15, 0.2) is 0 Å². The van der Waals surface area contributed by atoms with E-state index in [1.165, 1.54) is 25.7 Å². The number of hydrogen-bond acceptors (Lipinski definition) is 3. The molecule has 148 valence electrons. The number of halogens is 1. The summed E-state index contributed by atoms with van der Waals surface area (Å²) in [6, 6.07) is 8.37. The Bertz CT molecular complexity index is 667. The Kier molecular flexibility index (Phi) is 6.77. The van der Waals surface area contributed by atoms with E-state index in [-0.39, 0.29) is 30.3 Å². The zero-order valence-electron chi connectivity index (χ0n) is 15.8. The van der Waals surface area contributed by atoms with Gasteiger partial charge in [-0.05, 0) is 55.7 Å². The molecule has 2 aliphatic heterocycles. The number of piperidine rings is 1. The first-order valence-electron chi connectivity index (χ1n) is 10.1. The lowest BCUT2D eigenvalue weighted by molar-refractivity contribution is -0.133. The van der Waals surface area contributed by atoms with Gasteiger partial charge in [-0.25, -0.2) is 0 Å². The third kappa shape index (κ3) is 4.82. The fourth-order valence-corrected chi connectivity index (χ4v) is 4.75. The SMILES string of the molecule is Cl.O=C(Nc1cccc(CN2CCCCC2=O)c1)C1CC2CCCCC2N1. The molecule has 5 nitrogen and oxygen atoms in total. The third-order valence-electron chi connectivity index (χ3n) is 6.17. The number of rotatable bonds is 4. The van der Waals surface area contributed by atoms with E-state index in [0.717, 1.165) is 37.1 Å². The molecule has 3 unspecified atom stereocenters. The summed E-state index contributed by atoms with van der Waals surface area (Å²) in [4.78, 5) is 26.6. The first-order chi connectivity index (χ1) is 12.7. The molecule has 1 aliphatic carbocycles. The Morgan fingerprint density at radius 2 is 2.04 bits per heavy atom. The molecule has 1 aromatic rings. The first-order valence-corrected chi connectivity index (χ1v) is 10.1. The Morgan fingerprint density at radius 1 is 1.19 bits per heavy atom. The van der Waals surface area contributed by atoms with E-state index in [0.29, 0.717) is 24.9 Å². The Labute approximate surface area is 167 Å². The topological polar surface area (TPSA) is 61.4 Å². The smallest absolute Gasteiger partial charge is 0.241 e. The summed E-state index contributed by atoms with van der Waals surface area (Å²) in [5.74, 6) is 0.977. The van der Waals surface area contributed by atoms with Gasteiger partial charge >= 0.3 is 0 Å². The fraction of sp³-hybridized carbons (Fsp3) is 0.619. The van der Waals surface area contributed by atoms with Gasteiger partial charge < -0.3 is 15.5 Å². The summed E-state index contributed by atoms with van der Waals surface area (Å²) in [6.45, 7) is 1.47. The second kappa shape index (κ2) is 9.07. The molecule has 0 spiro atoms. The summed E-state index contributed by atoms with van der Waals surface area (Å²) < 4.78 is 0. The highest BCUT2D eigenvalue weighted by Gasteiger charge is 2.38. The molecular formula is C21H30ClN3O2. The summed E-state index contributed by atoms with van der Waals surface area (Å²) in [6.07, 6.45) is 8.73. The molecule has 2 amide bonds. The molecule has 2 heterocycles. The van der Waals surface area contributed by atoms with Gasteiger partial charge in [0.2, 0.25) is 11.8 Å². The maximum Gasteiger partial charge on any atom is 0.241 e. The second-order valence-electron chi connectivity index (χ2n) is 8.07. The quantitative estimate of drug-likeness (QED) is 0.825. The number of nitrogens with one attached hydrogen (secondary N) is 2. The van der Waals surface area contributed by atoms with Crippen LogP contribution in [0.15, 0.2) is 24.3 Å². The molecule has 2 saturated heterocycles. The van der Waals surface area contributed by atoms with Gasteiger partial charge in [0, 0.05) is 31.2 Å². The molecular weight excluding hydrogens is 362 g/mol. The van der Waals surface area contributed by atoms with Crippen molar-refractivity contribution in [3.05, 3.63) is 29.8 Å². The molecule has 0 aromatic heterocycles. The van der Waals surface area contributed by atoms with Crippen LogP contribution in [0.3, 0.4) is 0 Å². The normalized spacial score (nSPS) is 27.6. The van der Waals surface area contributed by atoms with Crippen molar-refractivity contribution in [3.8, 4) is 0 Å². The van der Waals surface area contributed by atoms with Gasteiger partial charge in [-0.3, -0.25) is 9.59 Å². The number of anilines is 1. The highest BCUT2D eigenvalue weighted by molar-refractivity contribution is 5.95. The average Bonchev–Trinajstić information content (AvgIpc) is 3.08. The zero-order valence-corrected chi connectivity index (χ0v) is 16.6. The lowest BCUT2D eigenvalue weighted by atomic mass is 9.85. The Balaban J connectivity index is 0.00000210. The van der Waals surface area contributed by atoms with Crippen molar-refractivity contribution in [2.24, 2.45) is 5.92 Å². The van der Waals surface area contributed by atoms with E-state index in [1.807, 2.05) is 29.2 Å². The molecule has 0 radical (unpaired) electrons. The van der Waals surface area contributed by atoms with Crippen molar-refractivity contribution >= 4 is 29.9 Å². The number of fused-ring (bicyclic) bond motifs is 1. The third-order valence-corrected chi connectivity index (χ3v) is 6.17. The summed E-state index contributed by atoms with van der Waals surface area (Å²) >= 11 is 0. The fourth-order valence-electron chi connectivity index (χ4n) is 4.75. The van der Waals surface area contributed by atoms with Crippen LogP contribution in [-0.2, 0) is 16.1 Å². The standard InChI is InChI=1S/C21H29N3O2.ClH/c25-20-10-3-4-11-24(20)14-15-6-5-8-17(12-15)22-21(26)19-13-16-7-1-2-9-18(16)23-19;/h5-6,8,12,16,18-19,23H,1-4,7,9-11,13-14H2,(H,22,26);1H. The number of likely N-dealkylation sites (tertiary alicyclic amines) is 1. The van der Waals surface area contributed by atoms with Gasteiger partial charge in [-0.2, -0.15) is 0 Å². The van der Waals surface area contributed by atoms with Crippen LogP contribution in [0, 0.1) is 5.92 Å². The highest BCUT2D eigenvalue weighted by Crippen LogP contribution is 2.33. The van der Waals surface area contributed by atoms with Crippen LogP contribution in [0.1, 0.15) is 56.9 Å². The van der Waals surface area contributed by atoms with E-state index in [2.05, 4.69) is 10.6 Å². The minimum atomic E-state index is -0.0737. The van der Waals surface area contributed by atoms with Crippen LogP contribution >= 0.6 is 12.4 Å². The van der Waals surface area contributed by atoms with Gasteiger partial charge in [-0.1, -0.05) is 25.0 Å². The van der Waals surface area contributed by atoms with E-state index < -0.39 is 0 Å². The Morgan fingerprint density at radius 3 is 2.85 bits per heavy atom. The molecule has 1 saturated carbocycles.